The van der Waals surface area contributed by atoms with Crippen LogP contribution in [0, 0.1) is 0 Å². The summed E-state index contributed by atoms with van der Waals surface area (Å²) in [6, 6.07) is 12.7. The van der Waals surface area contributed by atoms with Crippen molar-refractivity contribution in [1.29, 1.82) is 0 Å². The van der Waals surface area contributed by atoms with Gasteiger partial charge in [0, 0.05) is 11.2 Å². The van der Waals surface area contributed by atoms with Crippen molar-refractivity contribution in [3.05, 3.63) is 59.9 Å². The molecule has 0 bridgehead atoms. The summed E-state index contributed by atoms with van der Waals surface area (Å²) >= 11 is 5.90. The van der Waals surface area contributed by atoms with Crippen molar-refractivity contribution in [2.24, 2.45) is 0 Å². The van der Waals surface area contributed by atoms with Gasteiger partial charge >= 0.3 is 0 Å². The van der Waals surface area contributed by atoms with Gasteiger partial charge in [0.05, 0.1) is 23.0 Å². The van der Waals surface area contributed by atoms with Crippen LogP contribution in [0.3, 0.4) is 0 Å². The number of benzene rings is 2. The molecular formula is C17H11ClN4O2. The van der Waals surface area contributed by atoms with Crippen LogP contribution in [0.2, 0.25) is 5.02 Å². The topological polar surface area (TPSA) is 72.8 Å². The fourth-order valence-corrected chi connectivity index (χ4v) is 2.60. The van der Waals surface area contributed by atoms with E-state index in [0.29, 0.717) is 28.6 Å². The lowest BCUT2D eigenvalue weighted by molar-refractivity contribution is -0.120. The van der Waals surface area contributed by atoms with E-state index in [1.807, 2.05) is 36.5 Å². The van der Waals surface area contributed by atoms with E-state index in [0.717, 1.165) is 16.8 Å². The summed E-state index contributed by atoms with van der Waals surface area (Å²) in [5, 5.41) is 5.02. The molecular weight excluding hydrogens is 328 g/mol. The number of ether oxygens (including phenoxy) is 1. The van der Waals surface area contributed by atoms with E-state index in [1.165, 1.54) is 0 Å². The Morgan fingerprint density at radius 3 is 2.79 bits per heavy atom. The fourth-order valence-electron chi connectivity index (χ4n) is 2.47. The molecule has 0 radical (unpaired) electrons. The molecule has 2 heterocycles. The number of rotatable bonds is 4. The van der Waals surface area contributed by atoms with Gasteiger partial charge in [-0.3, -0.25) is 4.79 Å². The maximum atomic E-state index is 10.6. The largest absolute Gasteiger partial charge is 0.426 e. The molecule has 0 aliphatic rings. The zero-order chi connectivity index (χ0) is 16.5. The number of aromatic amines is 1. The smallest absolute Gasteiger partial charge is 0.298 e. The molecule has 0 aliphatic heterocycles. The van der Waals surface area contributed by atoms with E-state index in [-0.39, 0.29) is 0 Å². The van der Waals surface area contributed by atoms with E-state index in [2.05, 4.69) is 15.1 Å². The number of nitrogens with zero attached hydrogens (tertiary/aromatic N) is 3. The number of halogens is 1. The van der Waals surface area contributed by atoms with Crippen molar-refractivity contribution in [3.63, 3.8) is 0 Å². The highest BCUT2D eigenvalue weighted by molar-refractivity contribution is 6.30. The first-order chi connectivity index (χ1) is 11.7. The van der Waals surface area contributed by atoms with E-state index < -0.39 is 0 Å². The van der Waals surface area contributed by atoms with Crippen LogP contribution in [-0.2, 0) is 4.79 Å². The normalized spacial score (nSPS) is 10.9. The Balaban J connectivity index is 1.74. The summed E-state index contributed by atoms with van der Waals surface area (Å²) < 4.78 is 6.70. The van der Waals surface area contributed by atoms with Crippen molar-refractivity contribution < 1.29 is 9.53 Å². The minimum Gasteiger partial charge on any atom is -0.426 e. The Bertz CT molecular complexity index is 1020. The number of H-pyrrole nitrogens is 1. The quantitative estimate of drug-likeness (QED) is 0.577. The Morgan fingerprint density at radius 1 is 1.17 bits per heavy atom. The third-order valence-electron chi connectivity index (χ3n) is 3.60. The molecule has 0 amide bonds. The molecule has 4 rings (SSSR count). The number of carbonyl (C=O) groups excluding carboxylic acids is 1. The monoisotopic (exact) mass is 338 g/mol. The van der Waals surface area contributed by atoms with Crippen molar-refractivity contribution in [3.8, 4) is 22.8 Å². The average molecular weight is 339 g/mol. The molecule has 0 aliphatic carbocycles. The second-order valence-electron chi connectivity index (χ2n) is 5.10. The molecule has 1 N–H and O–H groups in total. The summed E-state index contributed by atoms with van der Waals surface area (Å²) in [5.41, 5.74) is 3.09. The first-order valence-corrected chi connectivity index (χ1v) is 7.52. The summed E-state index contributed by atoms with van der Waals surface area (Å²) in [4.78, 5) is 18.3. The third kappa shape index (κ3) is 2.53. The molecule has 2 aromatic carbocycles. The highest BCUT2D eigenvalue weighted by Crippen LogP contribution is 2.27. The van der Waals surface area contributed by atoms with E-state index in [9.17, 15) is 4.79 Å². The molecule has 0 saturated carbocycles. The van der Waals surface area contributed by atoms with Crippen LogP contribution in [0.1, 0.15) is 0 Å². The standard InChI is InChI=1S/C17H11ClN4O2/c18-12-4-6-13(7-5-12)22-9-11(8-19-22)17-20-14-2-1-3-15(24-10-23)16(14)21-17/h1-10H,(H,20,21). The van der Waals surface area contributed by atoms with Gasteiger partial charge in [0.25, 0.3) is 6.47 Å². The Kier molecular flexibility index (Phi) is 3.51. The number of nitrogens with one attached hydrogen (secondary N) is 1. The number of carbonyl (C=O) groups is 1. The SMILES string of the molecule is O=COc1cccc2[nH]c(-c3cnn(-c4ccc(Cl)cc4)c3)nc12. The number of fused-ring (bicyclic) bond motifs is 1. The van der Waals surface area contributed by atoms with Gasteiger partial charge in [0.15, 0.2) is 5.75 Å². The Labute approximate surface area is 141 Å². The second-order valence-corrected chi connectivity index (χ2v) is 5.54. The molecule has 2 aromatic heterocycles. The molecule has 4 aromatic rings. The summed E-state index contributed by atoms with van der Waals surface area (Å²) in [6.45, 7) is 0.391. The lowest BCUT2D eigenvalue weighted by Crippen LogP contribution is -1.92. The Hall–Kier alpha value is -3.12. The minimum atomic E-state index is 0.391. The number of aromatic nitrogens is 4. The van der Waals surface area contributed by atoms with Crippen LogP contribution in [0.25, 0.3) is 28.1 Å². The molecule has 6 nitrogen and oxygen atoms in total. The molecule has 0 unspecified atom stereocenters. The maximum absolute atomic E-state index is 10.6. The number of imidazole rings is 1. The zero-order valence-electron chi connectivity index (χ0n) is 12.3. The fraction of sp³-hybridized carbons (Fsp3) is 0. The van der Waals surface area contributed by atoms with Gasteiger partial charge in [0.2, 0.25) is 0 Å². The molecule has 0 fully saturated rings. The number of hydrogen-bond donors (Lipinski definition) is 1. The number of para-hydroxylation sites is 1. The third-order valence-corrected chi connectivity index (χ3v) is 3.85. The predicted octanol–water partition coefficient (Wildman–Crippen LogP) is 3.60. The summed E-state index contributed by atoms with van der Waals surface area (Å²) in [7, 11) is 0. The van der Waals surface area contributed by atoms with E-state index in [1.54, 1.807) is 23.0 Å². The van der Waals surface area contributed by atoms with Gasteiger partial charge < -0.3 is 9.72 Å². The zero-order valence-corrected chi connectivity index (χ0v) is 13.1. The minimum absolute atomic E-state index is 0.391. The molecule has 24 heavy (non-hydrogen) atoms. The first kappa shape index (κ1) is 14.5. The van der Waals surface area contributed by atoms with Crippen molar-refractivity contribution in [1.82, 2.24) is 19.7 Å². The van der Waals surface area contributed by atoms with E-state index >= 15 is 0 Å². The van der Waals surface area contributed by atoms with Crippen molar-refractivity contribution >= 4 is 29.1 Å². The predicted molar refractivity (Wildman–Crippen MR) is 90.4 cm³/mol. The van der Waals surface area contributed by atoms with Crippen molar-refractivity contribution in [2.45, 2.75) is 0 Å². The van der Waals surface area contributed by atoms with Gasteiger partial charge in [-0.2, -0.15) is 5.10 Å². The van der Waals surface area contributed by atoms with Crippen LogP contribution >= 0.6 is 11.6 Å². The van der Waals surface area contributed by atoms with Gasteiger partial charge in [-0.25, -0.2) is 9.67 Å². The van der Waals surface area contributed by atoms with Gasteiger partial charge in [-0.15, -0.1) is 0 Å². The first-order valence-electron chi connectivity index (χ1n) is 7.14. The number of hydrogen-bond acceptors (Lipinski definition) is 4. The van der Waals surface area contributed by atoms with Crippen LogP contribution in [0.5, 0.6) is 5.75 Å². The van der Waals surface area contributed by atoms with Gasteiger partial charge in [-0.05, 0) is 36.4 Å². The van der Waals surface area contributed by atoms with Crippen molar-refractivity contribution in [2.75, 3.05) is 0 Å². The molecule has 0 spiro atoms. The maximum Gasteiger partial charge on any atom is 0.298 e. The van der Waals surface area contributed by atoms with Crippen LogP contribution in [0.15, 0.2) is 54.9 Å². The highest BCUT2D eigenvalue weighted by Gasteiger charge is 2.11. The lowest BCUT2D eigenvalue weighted by atomic mass is 10.3. The molecule has 0 saturated heterocycles. The Morgan fingerprint density at radius 2 is 2.00 bits per heavy atom. The van der Waals surface area contributed by atoms with Gasteiger partial charge in [0.1, 0.15) is 11.3 Å². The molecule has 7 heteroatoms. The van der Waals surface area contributed by atoms with Crippen LogP contribution < -0.4 is 4.74 Å². The van der Waals surface area contributed by atoms with Crippen LogP contribution in [0.4, 0.5) is 0 Å². The van der Waals surface area contributed by atoms with Gasteiger partial charge in [-0.1, -0.05) is 17.7 Å². The lowest BCUT2D eigenvalue weighted by Gasteiger charge is -1.99. The van der Waals surface area contributed by atoms with E-state index in [4.69, 9.17) is 16.3 Å². The van der Waals surface area contributed by atoms with Crippen LogP contribution in [-0.4, -0.2) is 26.2 Å². The second kappa shape index (κ2) is 5.82. The highest BCUT2D eigenvalue weighted by atomic mass is 35.5. The molecule has 0 atom stereocenters. The molecule has 118 valence electrons. The summed E-state index contributed by atoms with van der Waals surface area (Å²) in [6.07, 6.45) is 3.58. The summed E-state index contributed by atoms with van der Waals surface area (Å²) in [5.74, 6) is 1.06. The average Bonchev–Trinajstić information content (AvgIpc) is 3.23.